The van der Waals surface area contributed by atoms with Gasteiger partial charge in [-0.05, 0) is 0 Å². The summed E-state index contributed by atoms with van der Waals surface area (Å²) in [6.07, 6.45) is -4.69. The van der Waals surface area contributed by atoms with Gasteiger partial charge in [-0.15, -0.1) is 0 Å². The molecule has 0 spiro atoms. The smallest absolute Gasteiger partial charge is 0.332 e. The second kappa shape index (κ2) is 4.63. The summed E-state index contributed by atoms with van der Waals surface area (Å²) in [5, 5.41) is 18.4. The molecule has 0 bridgehead atoms. The highest BCUT2D eigenvalue weighted by Gasteiger charge is 2.45. The molecule has 2 N–H and O–H groups in total. The standard InChI is InChI=1S/C10H13FN2O5/c1-12-6(15)2-3-13(10(12)17)9-7(11)8(16)5(4-14)18-9/h2-3,5,7-9,14,16H,4H2,1H3/t5-,7?,8?,9-/m0/s1. The Balaban J connectivity index is 2.42. The lowest BCUT2D eigenvalue weighted by molar-refractivity contribution is -0.0495. The lowest BCUT2D eigenvalue weighted by Gasteiger charge is -2.16. The molecule has 1 aliphatic rings. The number of hydrogen-bond donors (Lipinski definition) is 2. The van der Waals surface area contributed by atoms with E-state index in [9.17, 15) is 19.1 Å². The minimum absolute atomic E-state index is 0.524. The molecule has 0 radical (unpaired) electrons. The summed E-state index contributed by atoms with van der Waals surface area (Å²) in [5.74, 6) is 0. The van der Waals surface area contributed by atoms with E-state index in [4.69, 9.17) is 9.84 Å². The van der Waals surface area contributed by atoms with E-state index in [1.54, 1.807) is 0 Å². The maximum absolute atomic E-state index is 13.8. The number of aliphatic hydroxyl groups is 2. The van der Waals surface area contributed by atoms with Crippen LogP contribution < -0.4 is 11.2 Å². The first-order valence-corrected chi connectivity index (χ1v) is 5.34. The van der Waals surface area contributed by atoms with Crippen LogP contribution in [-0.2, 0) is 11.8 Å². The van der Waals surface area contributed by atoms with E-state index in [1.165, 1.54) is 7.05 Å². The Kier molecular flexibility index (Phi) is 3.33. The fraction of sp³-hybridized carbons (Fsp3) is 0.600. The first-order valence-electron chi connectivity index (χ1n) is 5.34. The SMILES string of the molecule is Cn1c(=O)ccn([C@H]2O[C@@H](CO)C(O)C2F)c1=O. The van der Waals surface area contributed by atoms with E-state index in [0.717, 1.165) is 21.4 Å². The number of halogens is 1. The molecule has 8 heteroatoms. The second-order valence-corrected chi connectivity index (χ2v) is 4.09. The molecule has 1 aromatic rings. The molecule has 1 fully saturated rings. The Morgan fingerprint density at radius 3 is 2.72 bits per heavy atom. The highest BCUT2D eigenvalue weighted by molar-refractivity contribution is 4.94. The van der Waals surface area contributed by atoms with Crippen molar-refractivity contribution in [2.45, 2.75) is 24.6 Å². The first kappa shape index (κ1) is 12.9. The monoisotopic (exact) mass is 260 g/mol. The van der Waals surface area contributed by atoms with E-state index in [1.807, 2.05) is 0 Å². The van der Waals surface area contributed by atoms with Crippen LogP contribution >= 0.6 is 0 Å². The topological polar surface area (TPSA) is 93.7 Å². The van der Waals surface area contributed by atoms with Gasteiger partial charge >= 0.3 is 5.69 Å². The van der Waals surface area contributed by atoms with Crippen LogP contribution in [0.2, 0.25) is 0 Å². The van der Waals surface area contributed by atoms with E-state index >= 15 is 0 Å². The molecule has 0 aliphatic carbocycles. The van der Waals surface area contributed by atoms with Crippen molar-refractivity contribution < 1.29 is 19.3 Å². The zero-order valence-electron chi connectivity index (χ0n) is 9.56. The molecule has 0 aromatic carbocycles. The summed E-state index contributed by atoms with van der Waals surface area (Å²) in [6, 6.07) is 1.09. The zero-order chi connectivity index (χ0) is 13.4. The van der Waals surface area contributed by atoms with Crippen molar-refractivity contribution in [1.29, 1.82) is 0 Å². The molecule has 18 heavy (non-hydrogen) atoms. The highest BCUT2D eigenvalue weighted by Crippen LogP contribution is 2.30. The van der Waals surface area contributed by atoms with Gasteiger partial charge in [0.25, 0.3) is 5.56 Å². The minimum Gasteiger partial charge on any atom is -0.394 e. The van der Waals surface area contributed by atoms with Crippen LogP contribution in [0.25, 0.3) is 0 Å². The Bertz CT molecular complexity index is 554. The van der Waals surface area contributed by atoms with Gasteiger partial charge in [0.15, 0.2) is 12.4 Å². The number of hydrogen-bond acceptors (Lipinski definition) is 5. The summed E-state index contributed by atoms with van der Waals surface area (Å²) >= 11 is 0. The molecule has 0 amide bonds. The van der Waals surface area contributed by atoms with Gasteiger partial charge in [-0.3, -0.25) is 13.9 Å². The molecule has 1 aliphatic heterocycles. The molecule has 2 heterocycles. The molecule has 2 rings (SSSR count). The fourth-order valence-corrected chi connectivity index (χ4v) is 1.86. The first-order chi connectivity index (χ1) is 8.47. The van der Waals surface area contributed by atoms with Crippen molar-refractivity contribution in [3.8, 4) is 0 Å². The van der Waals surface area contributed by atoms with Crippen LogP contribution in [0.5, 0.6) is 0 Å². The van der Waals surface area contributed by atoms with Gasteiger partial charge in [-0.25, -0.2) is 9.18 Å². The molecule has 1 aromatic heterocycles. The van der Waals surface area contributed by atoms with Crippen LogP contribution in [0.4, 0.5) is 4.39 Å². The summed E-state index contributed by atoms with van der Waals surface area (Å²) in [4.78, 5) is 23.0. The second-order valence-electron chi connectivity index (χ2n) is 4.09. The lowest BCUT2D eigenvalue weighted by Crippen LogP contribution is -2.40. The van der Waals surface area contributed by atoms with Gasteiger partial charge in [-0.1, -0.05) is 0 Å². The maximum Gasteiger partial charge on any atom is 0.332 e. The highest BCUT2D eigenvalue weighted by atomic mass is 19.1. The molecular weight excluding hydrogens is 247 g/mol. The molecule has 0 saturated carbocycles. The normalized spacial score (nSPS) is 31.8. The van der Waals surface area contributed by atoms with Gasteiger partial charge in [0, 0.05) is 19.3 Å². The van der Waals surface area contributed by atoms with Crippen molar-refractivity contribution in [1.82, 2.24) is 9.13 Å². The van der Waals surface area contributed by atoms with Crippen LogP contribution in [0.15, 0.2) is 21.9 Å². The average Bonchev–Trinajstić information content (AvgIpc) is 2.64. The zero-order valence-corrected chi connectivity index (χ0v) is 9.56. The van der Waals surface area contributed by atoms with E-state index in [2.05, 4.69) is 0 Å². The molecule has 2 unspecified atom stereocenters. The summed E-state index contributed by atoms with van der Waals surface area (Å²) in [6.45, 7) is -0.557. The Morgan fingerprint density at radius 2 is 2.17 bits per heavy atom. The van der Waals surface area contributed by atoms with Crippen molar-refractivity contribution in [2.24, 2.45) is 7.05 Å². The van der Waals surface area contributed by atoms with E-state index in [0.29, 0.717) is 0 Å². The number of alkyl halides is 1. The van der Waals surface area contributed by atoms with Crippen LogP contribution in [0.1, 0.15) is 6.23 Å². The van der Waals surface area contributed by atoms with Gasteiger partial charge in [0.2, 0.25) is 0 Å². The number of aromatic nitrogens is 2. The van der Waals surface area contributed by atoms with Crippen molar-refractivity contribution in [3.63, 3.8) is 0 Å². The third kappa shape index (κ3) is 1.88. The summed E-state index contributed by atoms with van der Waals surface area (Å²) in [7, 11) is 1.25. The van der Waals surface area contributed by atoms with E-state index in [-0.39, 0.29) is 0 Å². The molecule has 7 nitrogen and oxygen atoms in total. The molecule has 1 saturated heterocycles. The molecule has 100 valence electrons. The van der Waals surface area contributed by atoms with E-state index < -0.39 is 42.5 Å². The van der Waals surface area contributed by atoms with Crippen LogP contribution in [0.3, 0.4) is 0 Å². The summed E-state index contributed by atoms with van der Waals surface area (Å²) in [5.41, 5.74) is -1.27. The van der Waals surface area contributed by atoms with Gasteiger partial charge < -0.3 is 14.9 Å². The molecular formula is C10H13FN2O5. The Hall–Kier alpha value is -1.51. The average molecular weight is 260 g/mol. The fourth-order valence-electron chi connectivity index (χ4n) is 1.86. The minimum atomic E-state index is -1.85. The van der Waals surface area contributed by atoms with Gasteiger partial charge in [0.05, 0.1) is 6.61 Å². The van der Waals surface area contributed by atoms with Crippen molar-refractivity contribution >= 4 is 0 Å². The number of nitrogens with zero attached hydrogens (tertiary/aromatic N) is 2. The molecule has 4 atom stereocenters. The van der Waals surface area contributed by atoms with Gasteiger partial charge in [0.1, 0.15) is 12.2 Å². The van der Waals surface area contributed by atoms with Gasteiger partial charge in [-0.2, -0.15) is 0 Å². The number of ether oxygens (including phenoxy) is 1. The van der Waals surface area contributed by atoms with Crippen molar-refractivity contribution in [2.75, 3.05) is 6.61 Å². The third-order valence-corrected chi connectivity index (χ3v) is 2.96. The Labute approximate surface area is 101 Å². The largest absolute Gasteiger partial charge is 0.394 e. The number of aliphatic hydroxyl groups excluding tert-OH is 2. The van der Waals surface area contributed by atoms with Crippen molar-refractivity contribution in [3.05, 3.63) is 33.1 Å². The number of rotatable bonds is 2. The van der Waals surface area contributed by atoms with Crippen LogP contribution in [0, 0.1) is 0 Å². The third-order valence-electron chi connectivity index (χ3n) is 2.96. The lowest BCUT2D eigenvalue weighted by atomic mass is 10.1. The Morgan fingerprint density at radius 1 is 1.50 bits per heavy atom. The summed E-state index contributed by atoms with van der Waals surface area (Å²) < 4.78 is 20.5. The predicted octanol–water partition coefficient (Wildman–Crippen LogP) is -1.86. The maximum atomic E-state index is 13.8. The predicted molar refractivity (Wildman–Crippen MR) is 57.8 cm³/mol. The quantitative estimate of drug-likeness (QED) is 0.650. The van der Waals surface area contributed by atoms with Crippen LogP contribution in [-0.4, -0.2) is 44.3 Å².